The number of rotatable bonds is 5. The van der Waals surface area contributed by atoms with Gasteiger partial charge in [0.05, 0.1) is 25.0 Å². The Bertz CT molecular complexity index is 600. The zero-order valence-corrected chi connectivity index (χ0v) is 12.2. The van der Waals surface area contributed by atoms with Gasteiger partial charge in [-0.15, -0.1) is 0 Å². The van der Waals surface area contributed by atoms with E-state index in [2.05, 4.69) is 15.2 Å². The molecule has 1 amide bonds. The minimum absolute atomic E-state index is 0.0137. The lowest BCUT2D eigenvalue weighted by molar-refractivity contribution is 0.0937. The molecule has 2 aromatic rings. The Labute approximate surface area is 128 Å². The molecule has 2 aromatic heterocycles. The Hall–Kier alpha value is -2.18. The largest absolute Gasteiger partial charge is 0.468 e. The molecule has 0 aromatic carbocycles. The van der Waals surface area contributed by atoms with E-state index in [0.717, 1.165) is 12.2 Å². The van der Waals surface area contributed by atoms with E-state index in [4.69, 9.17) is 4.42 Å². The number of nitrogens with one attached hydrogen (secondary N) is 1. The van der Waals surface area contributed by atoms with Crippen LogP contribution >= 0.6 is 0 Å². The molecular weight excluding hydrogens is 282 g/mol. The summed E-state index contributed by atoms with van der Waals surface area (Å²) >= 11 is 0. The topological polar surface area (TPSA) is 78.6 Å². The summed E-state index contributed by atoms with van der Waals surface area (Å²) in [5, 5.41) is 12.5. The third-order valence-corrected chi connectivity index (χ3v) is 3.94. The van der Waals surface area contributed by atoms with E-state index in [1.165, 1.54) is 0 Å². The van der Waals surface area contributed by atoms with Gasteiger partial charge in [0.25, 0.3) is 5.91 Å². The molecule has 1 aliphatic rings. The van der Waals surface area contributed by atoms with Crippen molar-refractivity contribution in [1.82, 2.24) is 15.2 Å². The Morgan fingerprint density at radius 3 is 3.05 bits per heavy atom. The van der Waals surface area contributed by atoms with Crippen molar-refractivity contribution < 1.29 is 14.3 Å². The first kappa shape index (κ1) is 14.7. The first-order valence-electron chi connectivity index (χ1n) is 7.34. The summed E-state index contributed by atoms with van der Waals surface area (Å²) in [7, 11) is 0. The predicted molar refractivity (Wildman–Crippen MR) is 80.1 cm³/mol. The third-order valence-electron chi connectivity index (χ3n) is 3.94. The molecule has 0 radical (unpaired) electrons. The molecule has 1 aliphatic heterocycles. The van der Waals surface area contributed by atoms with E-state index < -0.39 is 0 Å². The van der Waals surface area contributed by atoms with Gasteiger partial charge in [0.15, 0.2) is 0 Å². The van der Waals surface area contributed by atoms with Crippen LogP contribution in [0.2, 0.25) is 0 Å². The van der Waals surface area contributed by atoms with Gasteiger partial charge >= 0.3 is 0 Å². The van der Waals surface area contributed by atoms with Crippen molar-refractivity contribution >= 4 is 5.91 Å². The number of furan rings is 1. The first-order chi connectivity index (χ1) is 10.8. The normalized spacial score (nSPS) is 21.9. The predicted octanol–water partition coefficient (Wildman–Crippen LogP) is 1.04. The van der Waals surface area contributed by atoms with E-state index >= 15 is 0 Å². The van der Waals surface area contributed by atoms with Crippen LogP contribution in [0.4, 0.5) is 0 Å². The molecule has 1 fully saturated rings. The van der Waals surface area contributed by atoms with Gasteiger partial charge in [0, 0.05) is 31.0 Å². The van der Waals surface area contributed by atoms with Crippen LogP contribution in [0.5, 0.6) is 0 Å². The van der Waals surface area contributed by atoms with Gasteiger partial charge in [0.1, 0.15) is 5.76 Å². The standard InChI is InChI=1S/C16H19N3O3/c20-11-14-7-13(9-19(14)10-15-4-2-6-22-15)18-16(21)12-3-1-5-17-8-12/h1-6,8,13-14,20H,7,9-11H2,(H,18,21)/t13-,14-/m0/s1. The van der Waals surface area contributed by atoms with Gasteiger partial charge in [-0.3, -0.25) is 14.7 Å². The smallest absolute Gasteiger partial charge is 0.253 e. The Balaban J connectivity index is 1.60. The molecule has 6 nitrogen and oxygen atoms in total. The quantitative estimate of drug-likeness (QED) is 0.863. The number of hydrogen-bond acceptors (Lipinski definition) is 5. The third kappa shape index (κ3) is 3.35. The molecule has 116 valence electrons. The maximum absolute atomic E-state index is 12.2. The van der Waals surface area contributed by atoms with Crippen molar-refractivity contribution in [2.24, 2.45) is 0 Å². The minimum atomic E-state index is -0.130. The summed E-state index contributed by atoms with van der Waals surface area (Å²) in [6.45, 7) is 1.40. The maximum atomic E-state index is 12.2. The van der Waals surface area contributed by atoms with Crippen LogP contribution in [0.15, 0.2) is 47.3 Å². The number of aliphatic hydroxyl groups excluding tert-OH is 1. The summed E-state index contributed by atoms with van der Waals surface area (Å²) in [4.78, 5) is 18.3. The zero-order chi connectivity index (χ0) is 15.4. The number of amides is 1. The van der Waals surface area contributed by atoms with E-state index in [1.807, 2.05) is 12.1 Å². The van der Waals surface area contributed by atoms with Crippen molar-refractivity contribution in [3.8, 4) is 0 Å². The van der Waals surface area contributed by atoms with Crippen LogP contribution in [-0.4, -0.2) is 46.1 Å². The van der Waals surface area contributed by atoms with Crippen LogP contribution in [0, 0.1) is 0 Å². The Morgan fingerprint density at radius 2 is 2.36 bits per heavy atom. The fraction of sp³-hybridized carbons (Fsp3) is 0.375. The monoisotopic (exact) mass is 301 g/mol. The highest BCUT2D eigenvalue weighted by atomic mass is 16.3. The number of carbonyl (C=O) groups is 1. The van der Waals surface area contributed by atoms with Crippen LogP contribution < -0.4 is 5.32 Å². The van der Waals surface area contributed by atoms with Gasteiger partial charge in [-0.25, -0.2) is 0 Å². The molecule has 0 bridgehead atoms. The lowest BCUT2D eigenvalue weighted by atomic mass is 10.1. The maximum Gasteiger partial charge on any atom is 0.253 e. The van der Waals surface area contributed by atoms with Crippen molar-refractivity contribution in [1.29, 1.82) is 0 Å². The van der Waals surface area contributed by atoms with Crippen LogP contribution in [0.1, 0.15) is 22.5 Å². The van der Waals surface area contributed by atoms with Gasteiger partial charge in [-0.1, -0.05) is 0 Å². The van der Waals surface area contributed by atoms with Crippen molar-refractivity contribution in [2.75, 3.05) is 13.2 Å². The molecule has 1 saturated heterocycles. The Morgan fingerprint density at radius 1 is 1.45 bits per heavy atom. The van der Waals surface area contributed by atoms with E-state index in [-0.39, 0.29) is 24.6 Å². The highest BCUT2D eigenvalue weighted by Gasteiger charge is 2.32. The van der Waals surface area contributed by atoms with Gasteiger partial charge in [-0.05, 0) is 30.7 Å². The number of hydrogen-bond donors (Lipinski definition) is 2. The second-order valence-corrected chi connectivity index (χ2v) is 5.49. The zero-order valence-electron chi connectivity index (χ0n) is 12.2. The highest BCUT2D eigenvalue weighted by Crippen LogP contribution is 2.21. The molecule has 0 saturated carbocycles. The number of likely N-dealkylation sites (tertiary alicyclic amines) is 1. The molecule has 0 aliphatic carbocycles. The highest BCUT2D eigenvalue weighted by molar-refractivity contribution is 5.94. The number of nitrogens with zero attached hydrogens (tertiary/aromatic N) is 2. The number of pyridine rings is 1. The Kier molecular flexibility index (Phi) is 4.50. The minimum Gasteiger partial charge on any atom is -0.468 e. The molecule has 3 heterocycles. The average molecular weight is 301 g/mol. The summed E-state index contributed by atoms with van der Waals surface area (Å²) < 4.78 is 5.36. The fourth-order valence-electron chi connectivity index (χ4n) is 2.84. The van der Waals surface area contributed by atoms with Crippen molar-refractivity contribution in [3.05, 3.63) is 54.2 Å². The van der Waals surface area contributed by atoms with Crippen LogP contribution in [0.3, 0.4) is 0 Å². The average Bonchev–Trinajstić information content (AvgIpc) is 3.18. The molecule has 2 N–H and O–H groups in total. The van der Waals surface area contributed by atoms with Gasteiger partial charge in [-0.2, -0.15) is 0 Å². The summed E-state index contributed by atoms with van der Waals surface area (Å²) in [5.41, 5.74) is 0.549. The summed E-state index contributed by atoms with van der Waals surface area (Å²) in [5.74, 6) is 0.729. The van der Waals surface area contributed by atoms with Gasteiger partial charge < -0.3 is 14.8 Å². The molecule has 6 heteroatoms. The van der Waals surface area contributed by atoms with Gasteiger partial charge in [0.2, 0.25) is 0 Å². The molecule has 0 spiro atoms. The fourth-order valence-corrected chi connectivity index (χ4v) is 2.84. The molecule has 0 unspecified atom stereocenters. The van der Waals surface area contributed by atoms with Crippen LogP contribution in [-0.2, 0) is 6.54 Å². The number of carbonyl (C=O) groups excluding carboxylic acids is 1. The van der Waals surface area contributed by atoms with Crippen molar-refractivity contribution in [2.45, 2.75) is 25.0 Å². The number of aliphatic hydroxyl groups is 1. The van der Waals surface area contributed by atoms with Crippen LogP contribution in [0.25, 0.3) is 0 Å². The molecule has 2 atom stereocenters. The summed E-state index contributed by atoms with van der Waals surface area (Å²) in [6, 6.07) is 7.28. The SMILES string of the molecule is O=C(N[C@H]1C[C@@H](CO)N(Cc2ccco2)C1)c1cccnc1. The van der Waals surface area contributed by atoms with E-state index in [9.17, 15) is 9.90 Å². The molecular formula is C16H19N3O3. The van der Waals surface area contributed by atoms with Crippen molar-refractivity contribution in [3.63, 3.8) is 0 Å². The lowest BCUT2D eigenvalue weighted by Crippen LogP contribution is -2.37. The molecule has 22 heavy (non-hydrogen) atoms. The first-order valence-corrected chi connectivity index (χ1v) is 7.34. The second-order valence-electron chi connectivity index (χ2n) is 5.49. The van der Waals surface area contributed by atoms with E-state index in [1.54, 1.807) is 30.8 Å². The second kappa shape index (κ2) is 6.72. The number of aromatic nitrogens is 1. The lowest BCUT2D eigenvalue weighted by Gasteiger charge is -2.20. The molecule has 3 rings (SSSR count). The summed E-state index contributed by atoms with van der Waals surface area (Å²) in [6.07, 6.45) is 5.55. The van der Waals surface area contributed by atoms with E-state index in [0.29, 0.717) is 18.7 Å².